The molecule has 1 fully saturated rings. The van der Waals surface area contributed by atoms with Crippen LogP contribution in [0.25, 0.3) is 0 Å². The van der Waals surface area contributed by atoms with Crippen LogP contribution in [0.4, 0.5) is 8.78 Å². The van der Waals surface area contributed by atoms with Crippen molar-refractivity contribution >= 4 is 30.7 Å². The van der Waals surface area contributed by atoms with E-state index >= 15 is 0 Å². The van der Waals surface area contributed by atoms with Crippen molar-refractivity contribution in [3.8, 4) is 11.5 Å². The van der Waals surface area contributed by atoms with E-state index in [9.17, 15) is 13.6 Å². The van der Waals surface area contributed by atoms with Gasteiger partial charge in [0.1, 0.15) is 11.9 Å². The Balaban J connectivity index is 0.00000169. The van der Waals surface area contributed by atoms with Crippen LogP contribution in [0, 0.1) is 5.82 Å². The maximum Gasteiger partial charge on any atom is 0.237 e. The fourth-order valence-electron chi connectivity index (χ4n) is 2.48. The summed E-state index contributed by atoms with van der Waals surface area (Å²) in [6, 6.07) is 7.29. The molecule has 1 aliphatic rings. The zero-order valence-corrected chi connectivity index (χ0v) is 15.3. The zero-order chi connectivity index (χ0) is 16.9. The molecule has 5 nitrogen and oxygen atoms in total. The number of rotatable bonds is 5. The molecule has 1 aliphatic heterocycles. The first-order valence-electron chi connectivity index (χ1n) is 7.63. The summed E-state index contributed by atoms with van der Waals surface area (Å²) in [7, 11) is 0. The van der Waals surface area contributed by atoms with Gasteiger partial charge in [-0.2, -0.15) is 0 Å². The topological polar surface area (TPSA) is 63.2 Å². The van der Waals surface area contributed by atoms with Crippen molar-refractivity contribution in [3.05, 3.63) is 54.1 Å². The number of ether oxygens (including phenoxy) is 1. The lowest BCUT2D eigenvalue weighted by atomic mass is 10.1. The van der Waals surface area contributed by atoms with Gasteiger partial charge >= 0.3 is 0 Å². The van der Waals surface area contributed by atoms with Crippen molar-refractivity contribution in [2.75, 3.05) is 6.54 Å². The van der Waals surface area contributed by atoms with E-state index < -0.39 is 18.0 Å². The van der Waals surface area contributed by atoms with Crippen LogP contribution in [-0.2, 0) is 11.3 Å². The van der Waals surface area contributed by atoms with Crippen molar-refractivity contribution in [1.82, 2.24) is 15.6 Å². The summed E-state index contributed by atoms with van der Waals surface area (Å²) in [4.78, 5) is 15.8. The zero-order valence-electron chi connectivity index (χ0n) is 13.7. The second kappa shape index (κ2) is 10.3. The number of carbonyl (C=O) groups is 1. The second-order valence-electron chi connectivity index (χ2n) is 5.57. The van der Waals surface area contributed by atoms with Gasteiger partial charge in [0.05, 0.1) is 12.2 Å². The number of pyridine rings is 1. The number of nitrogens with one attached hydrogen (secondary N) is 2. The highest BCUT2D eigenvalue weighted by atomic mass is 35.5. The summed E-state index contributed by atoms with van der Waals surface area (Å²) < 4.78 is 32.6. The molecular weight excluding hydrogens is 387 g/mol. The number of alkyl halides is 1. The first kappa shape index (κ1) is 22.1. The minimum atomic E-state index is -0.998. The summed E-state index contributed by atoms with van der Waals surface area (Å²) in [5.74, 6) is -0.305. The van der Waals surface area contributed by atoms with Crippen molar-refractivity contribution in [2.45, 2.75) is 25.2 Å². The van der Waals surface area contributed by atoms with E-state index in [0.29, 0.717) is 11.3 Å². The molecule has 2 heterocycles. The maximum atomic E-state index is 14.1. The lowest BCUT2D eigenvalue weighted by molar-refractivity contribution is -0.123. The standard InChI is InChI=1S/C17H17F2N3O2.2ClH/c18-12-7-15(21-9-12)17(23)22-8-11-3-4-16(14(19)6-11)24-13-2-1-5-20-10-13;;/h1-6,10,12,15,21H,7-9H2,(H,22,23);2*1H/t12-,15+;;/m0../s1. The van der Waals surface area contributed by atoms with Gasteiger partial charge < -0.3 is 15.4 Å². The third-order valence-electron chi connectivity index (χ3n) is 3.72. The molecule has 0 unspecified atom stereocenters. The fraction of sp³-hybridized carbons (Fsp3) is 0.294. The van der Waals surface area contributed by atoms with E-state index in [1.165, 1.54) is 18.3 Å². The lowest BCUT2D eigenvalue weighted by Gasteiger charge is -2.12. The van der Waals surface area contributed by atoms with E-state index in [1.807, 2.05) is 0 Å². The second-order valence-corrected chi connectivity index (χ2v) is 5.57. The molecule has 0 spiro atoms. The maximum absolute atomic E-state index is 14.1. The highest BCUT2D eigenvalue weighted by Crippen LogP contribution is 2.24. The molecule has 2 atom stereocenters. The Hall–Kier alpha value is -1.96. The van der Waals surface area contributed by atoms with E-state index in [-0.39, 0.29) is 56.0 Å². The molecule has 0 saturated carbocycles. The first-order valence-corrected chi connectivity index (χ1v) is 7.63. The van der Waals surface area contributed by atoms with E-state index in [1.54, 1.807) is 24.4 Å². The molecule has 0 aliphatic carbocycles. The van der Waals surface area contributed by atoms with Gasteiger partial charge in [-0.1, -0.05) is 6.07 Å². The molecule has 0 bridgehead atoms. The Morgan fingerprint density at radius 2 is 2.15 bits per heavy atom. The van der Waals surface area contributed by atoms with Gasteiger partial charge in [0.25, 0.3) is 0 Å². The monoisotopic (exact) mass is 405 g/mol. The highest BCUT2D eigenvalue weighted by Gasteiger charge is 2.28. The van der Waals surface area contributed by atoms with Gasteiger partial charge in [0.15, 0.2) is 11.6 Å². The SMILES string of the molecule is Cl.Cl.O=C(NCc1ccc(Oc2cccnc2)c(F)c1)[C@H]1C[C@H](F)CN1. The van der Waals surface area contributed by atoms with Crippen molar-refractivity contribution in [3.63, 3.8) is 0 Å². The number of carbonyl (C=O) groups excluding carboxylic acids is 1. The number of benzene rings is 1. The molecule has 1 saturated heterocycles. The van der Waals surface area contributed by atoms with E-state index in [0.717, 1.165) is 0 Å². The van der Waals surface area contributed by atoms with Gasteiger partial charge in [-0.15, -0.1) is 24.8 Å². The van der Waals surface area contributed by atoms with Crippen LogP contribution in [0.3, 0.4) is 0 Å². The number of nitrogens with zero attached hydrogens (tertiary/aromatic N) is 1. The van der Waals surface area contributed by atoms with Crippen LogP contribution in [0.5, 0.6) is 11.5 Å². The summed E-state index contributed by atoms with van der Waals surface area (Å²) >= 11 is 0. The van der Waals surface area contributed by atoms with Crippen molar-refractivity contribution < 1.29 is 18.3 Å². The summed E-state index contributed by atoms with van der Waals surface area (Å²) in [5, 5.41) is 5.48. The Kier molecular flexibility index (Phi) is 8.71. The van der Waals surface area contributed by atoms with Gasteiger partial charge in [-0.3, -0.25) is 9.78 Å². The molecule has 0 radical (unpaired) electrons. The van der Waals surface area contributed by atoms with Gasteiger partial charge in [-0.25, -0.2) is 8.78 Å². The van der Waals surface area contributed by atoms with Crippen LogP contribution in [-0.4, -0.2) is 29.6 Å². The fourth-order valence-corrected chi connectivity index (χ4v) is 2.48. The molecule has 1 amide bonds. The predicted molar refractivity (Wildman–Crippen MR) is 98.4 cm³/mol. The minimum absolute atomic E-state index is 0. The van der Waals surface area contributed by atoms with Crippen molar-refractivity contribution in [1.29, 1.82) is 0 Å². The third-order valence-corrected chi connectivity index (χ3v) is 3.72. The lowest BCUT2D eigenvalue weighted by Crippen LogP contribution is -2.40. The van der Waals surface area contributed by atoms with E-state index in [2.05, 4.69) is 15.6 Å². The molecule has 1 aromatic carbocycles. The molecule has 9 heteroatoms. The quantitative estimate of drug-likeness (QED) is 0.801. The minimum Gasteiger partial charge on any atom is -0.453 e. The van der Waals surface area contributed by atoms with Crippen molar-refractivity contribution in [2.24, 2.45) is 0 Å². The molecular formula is C17H19Cl2F2N3O2. The average molecular weight is 406 g/mol. The summed E-state index contributed by atoms with van der Waals surface area (Å²) in [5.41, 5.74) is 0.592. The Morgan fingerprint density at radius 1 is 1.35 bits per heavy atom. The molecule has 2 N–H and O–H groups in total. The van der Waals surface area contributed by atoms with Gasteiger partial charge in [-0.05, 0) is 29.8 Å². The smallest absolute Gasteiger partial charge is 0.237 e. The number of halogens is 4. The summed E-state index contributed by atoms with van der Waals surface area (Å²) in [6.07, 6.45) is 2.25. The predicted octanol–water partition coefficient (Wildman–Crippen LogP) is 3.17. The largest absolute Gasteiger partial charge is 0.453 e. The van der Waals surface area contributed by atoms with Gasteiger partial charge in [0.2, 0.25) is 5.91 Å². The molecule has 142 valence electrons. The van der Waals surface area contributed by atoms with Crippen LogP contribution < -0.4 is 15.4 Å². The normalized spacial score (nSPS) is 18.4. The van der Waals surface area contributed by atoms with Crippen LogP contribution in [0.2, 0.25) is 0 Å². The number of hydrogen-bond donors (Lipinski definition) is 2. The molecule has 3 rings (SSSR count). The highest BCUT2D eigenvalue weighted by molar-refractivity contribution is 5.85. The average Bonchev–Trinajstić information content (AvgIpc) is 3.02. The Labute approximate surface area is 162 Å². The Bertz CT molecular complexity index is 722. The number of hydrogen-bond acceptors (Lipinski definition) is 4. The first-order chi connectivity index (χ1) is 11.6. The molecule has 2 aromatic rings. The molecule has 26 heavy (non-hydrogen) atoms. The molecule has 1 aromatic heterocycles. The Morgan fingerprint density at radius 3 is 2.77 bits per heavy atom. The summed E-state index contributed by atoms with van der Waals surface area (Å²) in [6.45, 7) is 0.352. The van der Waals surface area contributed by atoms with Gasteiger partial charge in [0, 0.05) is 25.7 Å². The van der Waals surface area contributed by atoms with Crippen LogP contribution in [0.15, 0.2) is 42.7 Å². The number of amides is 1. The third kappa shape index (κ3) is 5.79. The van der Waals surface area contributed by atoms with E-state index in [4.69, 9.17) is 4.74 Å². The number of aromatic nitrogens is 1. The van der Waals surface area contributed by atoms with Crippen LogP contribution in [0.1, 0.15) is 12.0 Å². The van der Waals surface area contributed by atoms with Crippen LogP contribution >= 0.6 is 24.8 Å².